The van der Waals surface area contributed by atoms with Crippen LogP contribution in [-0.2, 0) is 9.53 Å². The lowest BCUT2D eigenvalue weighted by Crippen LogP contribution is -2.33. The molecule has 0 bridgehead atoms. The third kappa shape index (κ3) is 3.23. The van der Waals surface area contributed by atoms with Gasteiger partial charge >= 0.3 is 6.09 Å². The second kappa shape index (κ2) is 5.56. The fourth-order valence-corrected chi connectivity index (χ4v) is 2.00. The Hall–Kier alpha value is -1.63. The normalized spacial score (nSPS) is 18.4. The summed E-state index contributed by atoms with van der Waals surface area (Å²) in [5, 5.41) is 2.58. The van der Waals surface area contributed by atoms with Crippen molar-refractivity contribution in [1.82, 2.24) is 5.32 Å². The molecule has 19 heavy (non-hydrogen) atoms. The fourth-order valence-electron chi connectivity index (χ4n) is 1.75. The maximum atomic E-state index is 13.4. The standard InChI is InChI=1S/C12H12BrFN2O3/c1-7(17)15-5-9-6-16(12(18)19-9)8-2-3-10(13)11(14)4-8/h2-4,9H,5-6H2,1H3,(H,15,17). The van der Waals surface area contributed by atoms with Gasteiger partial charge in [-0.3, -0.25) is 9.69 Å². The summed E-state index contributed by atoms with van der Waals surface area (Å²) in [6.07, 6.45) is -0.972. The first-order chi connectivity index (χ1) is 8.97. The molecule has 1 aliphatic rings. The number of ether oxygens (including phenoxy) is 1. The molecular weight excluding hydrogens is 319 g/mol. The van der Waals surface area contributed by atoms with Crippen LogP contribution in [0, 0.1) is 5.82 Å². The van der Waals surface area contributed by atoms with Crippen molar-refractivity contribution in [2.45, 2.75) is 13.0 Å². The van der Waals surface area contributed by atoms with Crippen LogP contribution >= 0.6 is 15.9 Å². The van der Waals surface area contributed by atoms with Crippen LogP contribution in [0.25, 0.3) is 0 Å². The maximum Gasteiger partial charge on any atom is 0.414 e. The van der Waals surface area contributed by atoms with Gasteiger partial charge in [0.05, 0.1) is 23.2 Å². The molecular formula is C12H12BrFN2O3. The van der Waals surface area contributed by atoms with E-state index in [0.717, 1.165) is 0 Å². The summed E-state index contributed by atoms with van der Waals surface area (Å²) >= 11 is 3.05. The van der Waals surface area contributed by atoms with Gasteiger partial charge in [0.25, 0.3) is 0 Å². The van der Waals surface area contributed by atoms with Gasteiger partial charge < -0.3 is 10.1 Å². The molecule has 0 spiro atoms. The molecule has 2 amide bonds. The molecule has 1 fully saturated rings. The summed E-state index contributed by atoms with van der Waals surface area (Å²) in [5.41, 5.74) is 0.427. The van der Waals surface area contributed by atoms with Gasteiger partial charge in [0, 0.05) is 6.92 Å². The predicted octanol–water partition coefficient (Wildman–Crippen LogP) is 2.05. The number of hydrogen-bond acceptors (Lipinski definition) is 3. The van der Waals surface area contributed by atoms with Crippen molar-refractivity contribution < 1.29 is 18.7 Å². The molecule has 0 saturated carbocycles. The van der Waals surface area contributed by atoms with Crippen molar-refractivity contribution >= 4 is 33.6 Å². The zero-order valence-corrected chi connectivity index (χ0v) is 11.7. The van der Waals surface area contributed by atoms with Gasteiger partial charge in [-0.25, -0.2) is 9.18 Å². The number of hydrogen-bond donors (Lipinski definition) is 1. The number of rotatable bonds is 3. The monoisotopic (exact) mass is 330 g/mol. The molecule has 7 heteroatoms. The highest BCUT2D eigenvalue weighted by Gasteiger charge is 2.32. The van der Waals surface area contributed by atoms with Gasteiger partial charge in [0.15, 0.2) is 0 Å². The molecule has 1 unspecified atom stereocenters. The Bertz CT molecular complexity index is 524. The summed E-state index contributed by atoms with van der Waals surface area (Å²) in [6.45, 7) is 1.91. The summed E-state index contributed by atoms with van der Waals surface area (Å²) in [7, 11) is 0. The second-order valence-corrected chi connectivity index (χ2v) is 5.01. The lowest BCUT2D eigenvalue weighted by atomic mass is 10.2. The average Bonchev–Trinajstić information content (AvgIpc) is 2.72. The van der Waals surface area contributed by atoms with Crippen molar-refractivity contribution in [2.75, 3.05) is 18.0 Å². The van der Waals surface area contributed by atoms with Crippen molar-refractivity contribution in [3.63, 3.8) is 0 Å². The van der Waals surface area contributed by atoms with Crippen LogP contribution in [-0.4, -0.2) is 31.2 Å². The van der Waals surface area contributed by atoms with Crippen LogP contribution < -0.4 is 10.2 Å². The largest absolute Gasteiger partial charge is 0.442 e. The zero-order chi connectivity index (χ0) is 14.0. The van der Waals surface area contributed by atoms with Crippen molar-refractivity contribution in [3.05, 3.63) is 28.5 Å². The van der Waals surface area contributed by atoms with Crippen molar-refractivity contribution in [1.29, 1.82) is 0 Å². The van der Waals surface area contributed by atoms with E-state index >= 15 is 0 Å². The van der Waals surface area contributed by atoms with Crippen molar-refractivity contribution in [3.8, 4) is 0 Å². The number of halogens is 2. The zero-order valence-electron chi connectivity index (χ0n) is 10.2. The lowest BCUT2D eigenvalue weighted by Gasteiger charge is -2.13. The average molecular weight is 331 g/mol. The Morgan fingerprint density at radius 2 is 2.37 bits per heavy atom. The number of anilines is 1. The van der Waals surface area contributed by atoms with E-state index in [0.29, 0.717) is 10.2 Å². The molecule has 0 aliphatic carbocycles. The van der Waals surface area contributed by atoms with Crippen LogP contribution in [0.1, 0.15) is 6.92 Å². The first-order valence-electron chi connectivity index (χ1n) is 5.65. The van der Waals surface area contributed by atoms with Gasteiger partial charge in [-0.15, -0.1) is 0 Å². The van der Waals surface area contributed by atoms with E-state index in [1.807, 2.05) is 0 Å². The van der Waals surface area contributed by atoms with Gasteiger partial charge in [-0.1, -0.05) is 0 Å². The molecule has 1 aromatic carbocycles. The van der Waals surface area contributed by atoms with Crippen LogP contribution in [0.3, 0.4) is 0 Å². The van der Waals surface area contributed by atoms with Gasteiger partial charge in [0.1, 0.15) is 11.9 Å². The Labute approximate surface area is 117 Å². The minimum atomic E-state index is -0.544. The van der Waals surface area contributed by atoms with E-state index in [2.05, 4.69) is 21.2 Å². The molecule has 102 valence electrons. The van der Waals surface area contributed by atoms with E-state index in [9.17, 15) is 14.0 Å². The molecule has 1 aliphatic heterocycles. The first kappa shape index (κ1) is 13.8. The van der Waals surface area contributed by atoms with Gasteiger partial charge in [-0.2, -0.15) is 0 Å². The SMILES string of the molecule is CC(=O)NCC1CN(c2ccc(Br)c(F)c2)C(=O)O1. The number of carbonyl (C=O) groups is 2. The second-order valence-electron chi connectivity index (χ2n) is 4.15. The lowest BCUT2D eigenvalue weighted by molar-refractivity contribution is -0.119. The Morgan fingerprint density at radius 1 is 1.63 bits per heavy atom. The quantitative estimate of drug-likeness (QED) is 0.922. The van der Waals surface area contributed by atoms with Crippen LogP contribution in [0.5, 0.6) is 0 Å². The third-order valence-electron chi connectivity index (χ3n) is 2.67. The smallest absolute Gasteiger partial charge is 0.414 e. The Balaban J connectivity index is 2.07. The van der Waals surface area contributed by atoms with E-state index in [1.54, 1.807) is 6.07 Å². The Morgan fingerprint density at radius 3 is 3.00 bits per heavy atom. The van der Waals surface area contributed by atoms with E-state index in [4.69, 9.17) is 4.74 Å². The molecule has 1 atom stereocenters. The van der Waals surface area contributed by atoms with Crippen LogP contribution in [0.15, 0.2) is 22.7 Å². The van der Waals surface area contributed by atoms with Crippen LogP contribution in [0.2, 0.25) is 0 Å². The van der Waals surface area contributed by atoms with Crippen LogP contribution in [0.4, 0.5) is 14.9 Å². The Kier molecular flexibility index (Phi) is 4.04. The highest BCUT2D eigenvalue weighted by atomic mass is 79.9. The predicted molar refractivity (Wildman–Crippen MR) is 70.4 cm³/mol. The number of amides is 2. The maximum absolute atomic E-state index is 13.4. The molecule has 1 aromatic rings. The van der Waals surface area contributed by atoms with Crippen molar-refractivity contribution in [2.24, 2.45) is 0 Å². The highest BCUT2D eigenvalue weighted by molar-refractivity contribution is 9.10. The van der Waals surface area contributed by atoms with Gasteiger partial charge in [0.2, 0.25) is 5.91 Å². The first-order valence-corrected chi connectivity index (χ1v) is 6.44. The minimum absolute atomic E-state index is 0.191. The topological polar surface area (TPSA) is 58.6 Å². The van der Waals surface area contributed by atoms with Gasteiger partial charge in [-0.05, 0) is 34.1 Å². The molecule has 1 saturated heterocycles. The highest BCUT2D eigenvalue weighted by Crippen LogP contribution is 2.25. The summed E-state index contributed by atoms with van der Waals surface area (Å²) in [4.78, 5) is 23.8. The number of carbonyl (C=O) groups excluding carboxylic acids is 2. The molecule has 0 radical (unpaired) electrons. The summed E-state index contributed by atoms with van der Waals surface area (Å²) < 4.78 is 18.8. The molecule has 2 rings (SSSR count). The molecule has 0 aromatic heterocycles. The number of benzene rings is 1. The summed E-state index contributed by atoms with van der Waals surface area (Å²) in [6, 6.07) is 4.40. The number of cyclic esters (lactones) is 1. The molecule has 1 heterocycles. The number of nitrogens with one attached hydrogen (secondary N) is 1. The third-order valence-corrected chi connectivity index (χ3v) is 3.31. The summed E-state index contributed by atoms with van der Waals surface area (Å²) in [5.74, 6) is -0.639. The molecule has 1 N–H and O–H groups in total. The van der Waals surface area contributed by atoms with E-state index < -0.39 is 18.0 Å². The number of nitrogens with zero attached hydrogens (tertiary/aromatic N) is 1. The minimum Gasteiger partial charge on any atom is -0.442 e. The van der Waals surface area contributed by atoms with E-state index in [-0.39, 0.29) is 19.0 Å². The van der Waals surface area contributed by atoms with E-state index in [1.165, 1.54) is 24.0 Å². The molecule has 5 nitrogen and oxygen atoms in total. The fraction of sp³-hybridized carbons (Fsp3) is 0.333.